The van der Waals surface area contributed by atoms with E-state index in [9.17, 15) is 18.0 Å². The van der Waals surface area contributed by atoms with E-state index in [0.717, 1.165) is 17.5 Å². The molecule has 44 heavy (non-hydrogen) atoms. The van der Waals surface area contributed by atoms with E-state index < -0.39 is 30.8 Å². The number of likely N-dealkylation sites (tertiary alicyclic amines) is 1. The molecule has 14 heteroatoms. The van der Waals surface area contributed by atoms with E-state index in [-0.39, 0.29) is 35.5 Å². The lowest BCUT2D eigenvalue weighted by molar-refractivity contribution is -0.139. The number of fused-ring (bicyclic) bond motifs is 1. The molecular weight excluding hydrogens is 580 g/mol. The zero-order valence-electron chi connectivity index (χ0n) is 25.5. The van der Waals surface area contributed by atoms with Gasteiger partial charge in [0.05, 0.1) is 41.1 Å². The van der Waals surface area contributed by atoms with E-state index >= 15 is 4.39 Å². The van der Waals surface area contributed by atoms with Crippen LogP contribution in [0.1, 0.15) is 63.7 Å². The van der Waals surface area contributed by atoms with Crippen LogP contribution in [0.25, 0.3) is 22.4 Å². The van der Waals surface area contributed by atoms with Gasteiger partial charge >= 0.3 is 6.18 Å². The fourth-order valence-corrected chi connectivity index (χ4v) is 5.39. The maximum Gasteiger partial charge on any atom is 0.406 e. The van der Waals surface area contributed by atoms with Crippen LogP contribution >= 0.6 is 0 Å². The third-order valence-corrected chi connectivity index (χ3v) is 8.04. The summed E-state index contributed by atoms with van der Waals surface area (Å²) in [6, 6.07) is 6.30. The minimum atomic E-state index is -4.53. The van der Waals surface area contributed by atoms with E-state index in [1.807, 2.05) is 20.8 Å². The number of carbonyl (C=O) groups excluding carboxylic acids is 1. The second-order valence-electron chi connectivity index (χ2n) is 12.3. The van der Waals surface area contributed by atoms with Crippen molar-refractivity contribution >= 4 is 22.5 Å². The molecule has 1 aliphatic heterocycles. The highest BCUT2D eigenvalue weighted by Gasteiger charge is 2.33. The standard InChI is InChI=1S/C30H38F4N8O2/c1-6-18(2)40-11-10-23(21(31)16-40)37-22-8-7-9-24-20(22)12-25(41(24)17-30(32,33)34)27-38-26(44-39-27)14-35-28(43)19-13-36-42(15-19)29(3,4)5/h7-9,12-13,15,18,21,23,37H,6,10-11,14,16-17H2,1-5H3,(H,35,43)/t18?,21-,23+/m0/s1. The van der Waals surface area contributed by atoms with Crippen molar-refractivity contribution in [3.05, 3.63) is 48.1 Å². The number of rotatable bonds is 9. The molecule has 4 aromatic rings. The van der Waals surface area contributed by atoms with Crippen LogP contribution < -0.4 is 10.6 Å². The van der Waals surface area contributed by atoms with Crippen LogP contribution in [0.3, 0.4) is 0 Å². The summed E-state index contributed by atoms with van der Waals surface area (Å²) in [6.45, 7) is 9.60. The van der Waals surface area contributed by atoms with Gasteiger partial charge in [0.2, 0.25) is 11.7 Å². The van der Waals surface area contributed by atoms with Crippen LogP contribution in [0.15, 0.2) is 41.2 Å². The third kappa shape index (κ3) is 6.90. The number of nitrogens with zero attached hydrogens (tertiary/aromatic N) is 6. The molecule has 0 saturated carbocycles. The average molecular weight is 619 g/mol. The van der Waals surface area contributed by atoms with Crippen LogP contribution in [-0.2, 0) is 18.6 Å². The van der Waals surface area contributed by atoms with Gasteiger partial charge in [0.1, 0.15) is 12.7 Å². The molecule has 0 spiro atoms. The molecule has 3 aromatic heterocycles. The highest BCUT2D eigenvalue weighted by atomic mass is 19.4. The molecule has 10 nitrogen and oxygen atoms in total. The number of nitrogens with one attached hydrogen (secondary N) is 2. The molecular formula is C30H38F4N8O2. The van der Waals surface area contributed by atoms with E-state index in [4.69, 9.17) is 4.52 Å². The normalized spacial score (nSPS) is 18.9. The summed E-state index contributed by atoms with van der Waals surface area (Å²) in [4.78, 5) is 19.0. The topological polar surface area (TPSA) is 106 Å². The Labute approximate surface area is 252 Å². The van der Waals surface area contributed by atoms with Gasteiger partial charge in [-0.1, -0.05) is 18.1 Å². The van der Waals surface area contributed by atoms with Gasteiger partial charge in [-0.3, -0.25) is 14.4 Å². The fraction of sp³-hybridized carbons (Fsp3) is 0.533. The van der Waals surface area contributed by atoms with Crippen molar-refractivity contribution in [1.29, 1.82) is 0 Å². The lowest BCUT2D eigenvalue weighted by atomic mass is 10.00. The molecule has 0 radical (unpaired) electrons. The quantitative estimate of drug-likeness (QED) is 0.230. The smallest absolute Gasteiger partial charge is 0.379 e. The van der Waals surface area contributed by atoms with Crippen LogP contribution in [0, 0.1) is 0 Å². The SMILES string of the molecule is CCC(C)N1CC[C@@H](Nc2cccc3c2cc(-c2noc(CNC(=O)c4cnn(C(C)(C)C)c4)n2)n3CC(F)(F)F)[C@@H](F)C1. The summed E-state index contributed by atoms with van der Waals surface area (Å²) in [7, 11) is 0. The molecule has 2 N–H and O–H groups in total. The molecule has 1 aliphatic rings. The number of aromatic nitrogens is 5. The highest BCUT2D eigenvalue weighted by Crippen LogP contribution is 2.35. The second kappa shape index (κ2) is 12.2. The van der Waals surface area contributed by atoms with Crippen molar-refractivity contribution < 1.29 is 26.9 Å². The number of hydrogen-bond acceptors (Lipinski definition) is 7. The van der Waals surface area contributed by atoms with Crippen LogP contribution in [0.5, 0.6) is 0 Å². The molecule has 1 fully saturated rings. The van der Waals surface area contributed by atoms with Gasteiger partial charge < -0.3 is 19.7 Å². The Hall–Kier alpha value is -3.94. The molecule has 238 valence electrons. The molecule has 1 saturated heterocycles. The van der Waals surface area contributed by atoms with Crippen molar-refractivity contribution in [2.75, 3.05) is 18.4 Å². The maximum absolute atomic E-state index is 15.2. The molecule has 4 heterocycles. The molecule has 0 bridgehead atoms. The van der Waals surface area contributed by atoms with E-state index in [0.29, 0.717) is 35.1 Å². The van der Waals surface area contributed by atoms with Crippen molar-refractivity contribution in [3.8, 4) is 11.5 Å². The van der Waals surface area contributed by atoms with E-state index in [1.165, 1.54) is 6.20 Å². The monoisotopic (exact) mass is 618 g/mol. The second-order valence-corrected chi connectivity index (χ2v) is 12.3. The summed E-state index contributed by atoms with van der Waals surface area (Å²) in [5, 5.41) is 14.5. The predicted octanol–water partition coefficient (Wildman–Crippen LogP) is 5.76. The first-order chi connectivity index (χ1) is 20.7. The van der Waals surface area contributed by atoms with Crippen molar-refractivity contribution in [3.63, 3.8) is 0 Å². The van der Waals surface area contributed by atoms with Gasteiger partial charge in [0, 0.05) is 36.4 Å². The summed E-state index contributed by atoms with van der Waals surface area (Å²) in [5.41, 5.74) is 0.947. The van der Waals surface area contributed by atoms with Gasteiger partial charge in [-0.25, -0.2) is 4.39 Å². The average Bonchev–Trinajstić information content (AvgIpc) is 3.71. The number of amides is 1. The zero-order chi connectivity index (χ0) is 31.8. The van der Waals surface area contributed by atoms with Crippen molar-refractivity contribution in [2.45, 2.75) is 90.5 Å². The Morgan fingerprint density at radius 2 is 2.00 bits per heavy atom. The van der Waals surface area contributed by atoms with Crippen LogP contribution in [0.2, 0.25) is 0 Å². The summed E-state index contributed by atoms with van der Waals surface area (Å²) in [5.74, 6) is -0.457. The van der Waals surface area contributed by atoms with Gasteiger partial charge in [-0.2, -0.15) is 23.3 Å². The number of benzene rings is 1. The van der Waals surface area contributed by atoms with Crippen molar-refractivity contribution in [2.24, 2.45) is 0 Å². The van der Waals surface area contributed by atoms with Gasteiger partial charge in [-0.15, -0.1) is 0 Å². The van der Waals surface area contributed by atoms with Crippen LogP contribution in [-0.4, -0.2) is 72.8 Å². The van der Waals surface area contributed by atoms with E-state index in [1.54, 1.807) is 35.1 Å². The number of alkyl halides is 4. The Bertz CT molecular complexity index is 1600. The Morgan fingerprint density at radius 3 is 2.66 bits per heavy atom. The molecule has 5 rings (SSSR count). The minimum Gasteiger partial charge on any atom is -0.379 e. The summed E-state index contributed by atoms with van der Waals surface area (Å²) in [6.07, 6.45) is -1.11. The zero-order valence-corrected chi connectivity index (χ0v) is 25.5. The minimum absolute atomic E-state index is 0.0204. The number of carbonyl (C=O) groups is 1. The molecule has 1 amide bonds. The van der Waals surface area contributed by atoms with E-state index in [2.05, 4.69) is 44.6 Å². The first kappa shape index (κ1) is 31.5. The largest absolute Gasteiger partial charge is 0.406 e. The number of anilines is 1. The predicted molar refractivity (Wildman–Crippen MR) is 158 cm³/mol. The summed E-state index contributed by atoms with van der Waals surface area (Å²) >= 11 is 0. The van der Waals surface area contributed by atoms with Gasteiger partial charge in [0.15, 0.2) is 0 Å². The first-order valence-corrected chi connectivity index (χ1v) is 14.7. The fourth-order valence-electron chi connectivity index (χ4n) is 5.39. The molecule has 0 aliphatic carbocycles. The maximum atomic E-state index is 15.2. The number of piperidine rings is 1. The Balaban J connectivity index is 1.37. The van der Waals surface area contributed by atoms with Crippen LogP contribution in [0.4, 0.5) is 23.2 Å². The Morgan fingerprint density at radius 1 is 1.23 bits per heavy atom. The highest BCUT2D eigenvalue weighted by molar-refractivity contribution is 5.96. The summed E-state index contributed by atoms with van der Waals surface area (Å²) < 4.78 is 64.5. The number of halogens is 4. The third-order valence-electron chi connectivity index (χ3n) is 8.04. The van der Waals surface area contributed by atoms with Gasteiger partial charge in [-0.05, 0) is 58.7 Å². The lowest BCUT2D eigenvalue weighted by Gasteiger charge is -2.38. The van der Waals surface area contributed by atoms with Gasteiger partial charge in [0.25, 0.3) is 5.91 Å². The Kier molecular flexibility index (Phi) is 8.74. The first-order valence-electron chi connectivity index (χ1n) is 14.7. The molecule has 1 unspecified atom stereocenters. The molecule has 1 aromatic carbocycles. The molecule has 3 atom stereocenters. The lowest BCUT2D eigenvalue weighted by Crippen LogP contribution is -2.50. The number of hydrogen-bond donors (Lipinski definition) is 2. The van der Waals surface area contributed by atoms with Crippen molar-refractivity contribution in [1.82, 2.24) is 34.7 Å².